The fourth-order valence-corrected chi connectivity index (χ4v) is 1.61. The molecule has 4 nitrogen and oxygen atoms in total. The Morgan fingerprint density at radius 2 is 2.24 bits per heavy atom. The summed E-state index contributed by atoms with van der Waals surface area (Å²) in [6, 6.07) is 4.07. The number of carbonyl (C=O) groups excluding carboxylic acids is 1. The van der Waals surface area contributed by atoms with Crippen molar-refractivity contribution >= 4 is 5.91 Å². The Morgan fingerprint density at radius 1 is 1.47 bits per heavy atom. The Hall–Kier alpha value is -1.42. The Kier molecular flexibility index (Phi) is 5.63. The average molecular weight is 235 g/mol. The highest BCUT2D eigenvalue weighted by molar-refractivity contribution is 5.83. The van der Waals surface area contributed by atoms with Gasteiger partial charge in [-0.05, 0) is 32.0 Å². The Labute approximate surface area is 103 Å². The van der Waals surface area contributed by atoms with E-state index in [0.717, 1.165) is 12.1 Å². The van der Waals surface area contributed by atoms with Gasteiger partial charge in [-0.3, -0.25) is 9.78 Å². The molecule has 0 aliphatic rings. The summed E-state index contributed by atoms with van der Waals surface area (Å²) in [5.74, 6) is -0.111. The molecule has 1 unspecified atom stereocenters. The molecule has 17 heavy (non-hydrogen) atoms. The Morgan fingerprint density at radius 3 is 2.82 bits per heavy atom. The molecule has 0 aliphatic carbocycles. The van der Waals surface area contributed by atoms with Crippen LogP contribution in [0.4, 0.5) is 0 Å². The predicted octanol–water partition coefficient (Wildman–Crippen LogP) is 1.30. The molecule has 2 atom stereocenters. The number of nitrogens with zero attached hydrogens (tertiary/aromatic N) is 1. The topological polar surface area (TPSA) is 54.0 Å². The third-order valence-corrected chi connectivity index (χ3v) is 2.71. The summed E-state index contributed by atoms with van der Waals surface area (Å²) in [6.07, 6.45) is 3.44. The molecule has 1 heterocycles. The fourth-order valence-electron chi connectivity index (χ4n) is 1.61. The van der Waals surface area contributed by atoms with Gasteiger partial charge in [-0.1, -0.05) is 13.0 Å². The van der Waals surface area contributed by atoms with Crippen LogP contribution < -0.4 is 10.6 Å². The molecule has 0 fully saturated rings. The van der Waals surface area contributed by atoms with Crippen LogP contribution in [-0.2, 0) is 4.79 Å². The monoisotopic (exact) mass is 235 g/mol. The lowest BCUT2D eigenvalue weighted by atomic mass is 10.0. The van der Waals surface area contributed by atoms with E-state index in [4.69, 9.17) is 0 Å². The molecular formula is C13H21N3O. The molecule has 0 radical (unpaired) electrons. The minimum atomic E-state index is -0.155. The zero-order valence-corrected chi connectivity index (χ0v) is 10.7. The van der Waals surface area contributed by atoms with Crippen molar-refractivity contribution in [2.24, 2.45) is 0 Å². The van der Waals surface area contributed by atoms with E-state index in [1.165, 1.54) is 0 Å². The molecule has 1 rings (SSSR count). The lowest BCUT2D eigenvalue weighted by Crippen LogP contribution is -2.40. The lowest BCUT2D eigenvalue weighted by molar-refractivity contribution is -0.122. The first kappa shape index (κ1) is 13.6. The summed E-state index contributed by atoms with van der Waals surface area (Å²) in [6.45, 7) is 7.56. The van der Waals surface area contributed by atoms with Gasteiger partial charge in [0.2, 0.25) is 5.91 Å². The third kappa shape index (κ3) is 4.53. The van der Waals surface area contributed by atoms with Gasteiger partial charge >= 0.3 is 0 Å². The summed E-state index contributed by atoms with van der Waals surface area (Å²) < 4.78 is 0. The van der Waals surface area contributed by atoms with Gasteiger partial charge in [0, 0.05) is 25.0 Å². The number of nitrogens with one attached hydrogen (secondary N) is 2. The second kappa shape index (κ2) is 7.01. The minimum absolute atomic E-state index is 0.0442. The molecular weight excluding hydrogens is 214 g/mol. The largest absolute Gasteiger partial charge is 0.354 e. The Bertz CT molecular complexity index is 340. The molecule has 0 saturated heterocycles. The van der Waals surface area contributed by atoms with Crippen molar-refractivity contribution in [2.75, 3.05) is 13.1 Å². The van der Waals surface area contributed by atoms with Crippen molar-refractivity contribution in [3.8, 4) is 0 Å². The average Bonchev–Trinajstić information content (AvgIpc) is 2.36. The SMILES string of the molecule is CCN[C@H](C)CNC(=O)C(C)c1cccnc1. The third-order valence-electron chi connectivity index (χ3n) is 2.71. The van der Waals surface area contributed by atoms with Crippen LogP contribution in [0.3, 0.4) is 0 Å². The molecule has 1 aromatic rings. The van der Waals surface area contributed by atoms with Gasteiger partial charge in [-0.2, -0.15) is 0 Å². The first-order chi connectivity index (χ1) is 8.15. The van der Waals surface area contributed by atoms with E-state index in [2.05, 4.69) is 29.5 Å². The van der Waals surface area contributed by atoms with E-state index in [9.17, 15) is 4.79 Å². The van der Waals surface area contributed by atoms with E-state index in [-0.39, 0.29) is 11.8 Å². The molecule has 1 aromatic heterocycles. The number of pyridine rings is 1. The zero-order chi connectivity index (χ0) is 12.7. The van der Waals surface area contributed by atoms with Crippen LogP contribution in [0.5, 0.6) is 0 Å². The summed E-state index contributed by atoms with van der Waals surface area (Å²) in [7, 11) is 0. The maximum Gasteiger partial charge on any atom is 0.227 e. The van der Waals surface area contributed by atoms with Crippen LogP contribution >= 0.6 is 0 Å². The molecule has 0 aromatic carbocycles. The van der Waals surface area contributed by atoms with Crippen molar-refractivity contribution in [3.63, 3.8) is 0 Å². The highest BCUT2D eigenvalue weighted by atomic mass is 16.1. The fraction of sp³-hybridized carbons (Fsp3) is 0.538. The van der Waals surface area contributed by atoms with Crippen LogP contribution in [0.15, 0.2) is 24.5 Å². The molecule has 0 bridgehead atoms. The van der Waals surface area contributed by atoms with Crippen molar-refractivity contribution < 1.29 is 4.79 Å². The van der Waals surface area contributed by atoms with Gasteiger partial charge in [0.05, 0.1) is 5.92 Å². The molecule has 4 heteroatoms. The Balaban J connectivity index is 2.43. The van der Waals surface area contributed by atoms with Crippen molar-refractivity contribution in [1.29, 1.82) is 0 Å². The number of hydrogen-bond donors (Lipinski definition) is 2. The second-order valence-corrected chi connectivity index (χ2v) is 4.21. The maximum absolute atomic E-state index is 11.9. The van der Waals surface area contributed by atoms with Gasteiger partial charge in [0.1, 0.15) is 0 Å². The molecule has 0 spiro atoms. The first-order valence-electron chi connectivity index (χ1n) is 6.06. The van der Waals surface area contributed by atoms with Crippen LogP contribution in [0, 0.1) is 0 Å². The van der Waals surface area contributed by atoms with E-state index >= 15 is 0 Å². The number of hydrogen-bond acceptors (Lipinski definition) is 3. The quantitative estimate of drug-likeness (QED) is 0.781. The number of aromatic nitrogens is 1. The summed E-state index contributed by atoms with van der Waals surface area (Å²) in [5, 5.41) is 6.19. The van der Waals surface area contributed by atoms with Crippen LogP contribution in [0.2, 0.25) is 0 Å². The summed E-state index contributed by atoms with van der Waals surface area (Å²) in [5.41, 5.74) is 0.945. The normalized spacial score (nSPS) is 14.1. The summed E-state index contributed by atoms with van der Waals surface area (Å²) in [4.78, 5) is 15.9. The highest BCUT2D eigenvalue weighted by Crippen LogP contribution is 2.12. The van der Waals surface area contributed by atoms with Crippen LogP contribution in [-0.4, -0.2) is 30.0 Å². The smallest absolute Gasteiger partial charge is 0.227 e. The van der Waals surface area contributed by atoms with E-state index in [1.54, 1.807) is 12.4 Å². The minimum Gasteiger partial charge on any atom is -0.354 e. The first-order valence-corrected chi connectivity index (χ1v) is 6.06. The standard InChI is InChI=1S/C13H21N3O/c1-4-15-10(2)8-16-13(17)11(3)12-6-5-7-14-9-12/h5-7,9-11,15H,4,8H2,1-3H3,(H,16,17)/t10-,11?/m1/s1. The zero-order valence-electron chi connectivity index (χ0n) is 10.7. The van der Waals surface area contributed by atoms with Crippen molar-refractivity contribution in [1.82, 2.24) is 15.6 Å². The van der Waals surface area contributed by atoms with Crippen LogP contribution in [0.25, 0.3) is 0 Å². The van der Waals surface area contributed by atoms with Crippen molar-refractivity contribution in [2.45, 2.75) is 32.7 Å². The van der Waals surface area contributed by atoms with Gasteiger partial charge in [0.15, 0.2) is 0 Å². The number of amides is 1. The maximum atomic E-state index is 11.9. The van der Waals surface area contributed by atoms with Crippen LogP contribution in [0.1, 0.15) is 32.3 Å². The van der Waals surface area contributed by atoms with Gasteiger partial charge < -0.3 is 10.6 Å². The molecule has 0 saturated carbocycles. The molecule has 0 aliphatic heterocycles. The molecule has 1 amide bonds. The second-order valence-electron chi connectivity index (χ2n) is 4.21. The van der Waals surface area contributed by atoms with Gasteiger partial charge in [-0.25, -0.2) is 0 Å². The number of carbonyl (C=O) groups is 1. The van der Waals surface area contributed by atoms with E-state index < -0.39 is 0 Å². The number of rotatable bonds is 6. The number of likely N-dealkylation sites (N-methyl/N-ethyl adjacent to an activating group) is 1. The lowest BCUT2D eigenvalue weighted by Gasteiger charge is -2.16. The predicted molar refractivity (Wildman–Crippen MR) is 68.8 cm³/mol. The summed E-state index contributed by atoms with van der Waals surface area (Å²) >= 11 is 0. The van der Waals surface area contributed by atoms with Gasteiger partial charge in [-0.15, -0.1) is 0 Å². The molecule has 2 N–H and O–H groups in total. The molecule has 94 valence electrons. The van der Waals surface area contributed by atoms with E-state index in [1.807, 2.05) is 19.1 Å². The van der Waals surface area contributed by atoms with Gasteiger partial charge in [0.25, 0.3) is 0 Å². The van der Waals surface area contributed by atoms with E-state index in [0.29, 0.717) is 12.6 Å². The van der Waals surface area contributed by atoms with Crippen molar-refractivity contribution in [3.05, 3.63) is 30.1 Å². The highest BCUT2D eigenvalue weighted by Gasteiger charge is 2.15.